The smallest absolute Gasteiger partial charge is 0.174 e. The Morgan fingerprint density at radius 3 is 2.79 bits per heavy atom. The van der Waals surface area contributed by atoms with Crippen LogP contribution in [0.4, 0.5) is 0 Å². The Bertz CT molecular complexity index is 906. The summed E-state index contributed by atoms with van der Waals surface area (Å²) in [6, 6.07) is 4.31. The molecule has 154 valence electrons. The molecule has 1 unspecified atom stereocenters. The predicted octanol–water partition coefficient (Wildman–Crippen LogP) is 2.61. The molecule has 2 heterocycles. The molecule has 2 bridgehead atoms. The Labute approximate surface area is 171 Å². The number of aliphatic hydroxyl groups is 1. The molecule has 1 aromatic carbocycles. The number of hydrogen-bond donors (Lipinski definition) is 1. The van der Waals surface area contributed by atoms with E-state index in [1.807, 2.05) is 6.07 Å². The molecule has 1 spiro atoms. The van der Waals surface area contributed by atoms with Crippen LogP contribution in [-0.4, -0.2) is 53.2 Å². The van der Waals surface area contributed by atoms with Crippen LogP contribution in [0.15, 0.2) is 12.1 Å². The van der Waals surface area contributed by atoms with Crippen molar-refractivity contribution in [3.05, 3.63) is 23.3 Å². The summed E-state index contributed by atoms with van der Waals surface area (Å²) < 4.78 is 12.6. The average Bonchev–Trinajstić information content (AvgIpc) is 3.63. The van der Waals surface area contributed by atoms with Crippen molar-refractivity contribution in [2.24, 2.45) is 11.8 Å². The van der Waals surface area contributed by atoms with Gasteiger partial charge < -0.3 is 14.6 Å². The molecule has 4 fully saturated rings. The number of ether oxygens (including phenoxy) is 2. The zero-order valence-electron chi connectivity index (χ0n) is 16.9. The van der Waals surface area contributed by atoms with E-state index in [0.717, 1.165) is 55.5 Å². The van der Waals surface area contributed by atoms with Crippen LogP contribution >= 0.6 is 0 Å². The van der Waals surface area contributed by atoms with Gasteiger partial charge in [-0.25, -0.2) is 0 Å². The molecule has 4 aliphatic carbocycles. The van der Waals surface area contributed by atoms with Gasteiger partial charge in [0, 0.05) is 24.6 Å². The minimum absolute atomic E-state index is 0.0905. The van der Waals surface area contributed by atoms with Crippen LogP contribution in [0.5, 0.6) is 11.5 Å². The van der Waals surface area contributed by atoms with Crippen molar-refractivity contribution in [1.29, 1.82) is 0 Å². The van der Waals surface area contributed by atoms with Gasteiger partial charge in [0.1, 0.15) is 0 Å². The summed E-state index contributed by atoms with van der Waals surface area (Å²) in [5.74, 6) is 3.14. The average molecular weight is 395 g/mol. The quantitative estimate of drug-likeness (QED) is 0.831. The summed E-state index contributed by atoms with van der Waals surface area (Å²) >= 11 is 0. The zero-order valence-corrected chi connectivity index (χ0v) is 16.9. The molecule has 29 heavy (non-hydrogen) atoms. The number of hydrogen-bond acceptors (Lipinski definition) is 5. The minimum atomic E-state index is -0.883. The van der Waals surface area contributed by atoms with E-state index in [2.05, 4.69) is 11.0 Å². The van der Waals surface area contributed by atoms with Crippen molar-refractivity contribution < 1.29 is 19.4 Å². The minimum Gasteiger partial charge on any atom is -0.489 e. The molecule has 1 aromatic rings. The van der Waals surface area contributed by atoms with Crippen molar-refractivity contribution in [3.63, 3.8) is 0 Å². The maximum absolute atomic E-state index is 13.0. The molecule has 3 saturated carbocycles. The van der Waals surface area contributed by atoms with Gasteiger partial charge >= 0.3 is 0 Å². The maximum Gasteiger partial charge on any atom is 0.174 e. The van der Waals surface area contributed by atoms with Gasteiger partial charge in [0.15, 0.2) is 23.4 Å². The van der Waals surface area contributed by atoms with Crippen molar-refractivity contribution in [2.75, 3.05) is 19.7 Å². The normalized spacial score (nSPS) is 39.8. The van der Waals surface area contributed by atoms with Gasteiger partial charge in [-0.3, -0.25) is 9.69 Å². The van der Waals surface area contributed by atoms with Crippen molar-refractivity contribution in [1.82, 2.24) is 4.90 Å². The standard InChI is InChI=1S/C24H29NO4/c26-17-7-8-24(27)19-11-16-5-6-18(28-13-15-3-4-15)21-20(16)23(24,22(17)29-21)9-10-25(19)12-14-1-2-14/h5-6,14-15,19,22,27H,1-4,7-13H2/t19?,22-,23-,24+/m1/s1. The van der Waals surface area contributed by atoms with Crippen molar-refractivity contribution >= 4 is 5.78 Å². The van der Waals surface area contributed by atoms with Crippen LogP contribution in [0.25, 0.3) is 0 Å². The highest BCUT2D eigenvalue weighted by atomic mass is 16.5. The van der Waals surface area contributed by atoms with Crippen LogP contribution in [0.1, 0.15) is 56.1 Å². The van der Waals surface area contributed by atoms with Gasteiger partial charge in [0.25, 0.3) is 0 Å². The van der Waals surface area contributed by atoms with E-state index in [1.54, 1.807) is 0 Å². The maximum atomic E-state index is 13.0. The Morgan fingerprint density at radius 2 is 2.00 bits per heavy atom. The summed E-state index contributed by atoms with van der Waals surface area (Å²) in [6.45, 7) is 2.76. The highest BCUT2D eigenvalue weighted by Crippen LogP contribution is 2.65. The predicted molar refractivity (Wildman–Crippen MR) is 106 cm³/mol. The molecule has 6 aliphatic rings. The summed E-state index contributed by atoms with van der Waals surface area (Å²) in [6.07, 6.45) is 7.19. The number of benzene rings is 1. The lowest BCUT2D eigenvalue weighted by Gasteiger charge is -2.62. The van der Waals surface area contributed by atoms with Crippen LogP contribution in [0.3, 0.4) is 0 Å². The van der Waals surface area contributed by atoms with Crippen LogP contribution < -0.4 is 9.47 Å². The third-order valence-corrected chi connectivity index (χ3v) is 8.71. The highest BCUT2D eigenvalue weighted by Gasteiger charge is 2.73. The molecular formula is C24H29NO4. The molecule has 4 atom stereocenters. The number of likely N-dealkylation sites (tertiary alicyclic amines) is 1. The van der Waals surface area contributed by atoms with E-state index in [0.29, 0.717) is 18.8 Å². The number of piperidine rings is 1. The lowest BCUT2D eigenvalue weighted by Crippen LogP contribution is -2.76. The lowest BCUT2D eigenvalue weighted by atomic mass is 9.49. The second-order valence-electron chi connectivity index (χ2n) is 10.4. The summed E-state index contributed by atoms with van der Waals surface area (Å²) in [5, 5.41) is 12.2. The first-order valence-electron chi connectivity index (χ1n) is 11.5. The van der Waals surface area contributed by atoms with Crippen LogP contribution in [0, 0.1) is 11.8 Å². The molecule has 1 N–H and O–H groups in total. The molecule has 0 radical (unpaired) electrons. The molecule has 5 nitrogen and oxygen atoms in total. The first-order valence-corrected chi connectivity index (χ1v) is 11.5. The first kappa shape index (κ1) is 17.1. The van der Waals surface area contributed by atoms with Gasteiger partial charge in [0.2, 0.25) is 0 Å². The SMILES string of the molecule is O=C1CC[C@]2(O)C3Cc4ccc(OCC5CC5)c5c4[C@]2(CCN3CC2CC2)[C@@H]1O5. The van der Waals surface area contributed by atoms with Gasteiger partial charge in [-0.15, -0.1) is 0 Å². The molecule has 2 aliphatic heterocycles. The van der Waals surface area contributed by atoms with Gasteiger partial charge in [-0.05, 0) is 75.0 Å². The Hall–Kier alpha value is -1.59. The highest BCUT2D eigenvalue weighted by molar-refractivity contribution is 5.90. The molecular weight excluding hydrogens is 366 g/mol. The first-order chi connectivity index (χ1) is 14.1. The van der Waals surface area contributed by atoms with E-state index in [9.17, 15) is 9.90 Å². The molecule has 0 aromatic heterocycles. The van der Waals surface area contributed by atoms with E-state index in [-0.39, 0.29) is 11.8 Å². The monoisotopic (exact) mass is 395 g/mol. The zero-order chi connectivity index (χ0) is 19.4. The Kier molecular flexibility index (Phi) is 3.28. The number of nitrogens with zero attached hydrogens (tertiary/aromatic N) is 1. The summed E-state index contributed by atoms with van der Waals surface area (Å²) in [5.41, 5.74) is 0.890. The fraction of sp³-hybridized carbons (Fsp3) is 0.708. The number of rotatable bonds is 5. The van der Waals surface area contributed by atoms with E-state index < -0.39 is 17.1 Å². The lowest BCUT2D eigenvalue weighted by molar-refractivity contribution is -0.188. The number of Topliss-reactive ketones (excluding diaryl/α,β-unsaturated/α-hetero) is 1. The van der Waals surface area contributed by atoms with Gasteiger partial charge in [0.05, 0.1) is 17.6 Å². The van der Waals surface area contributed by atoms with Gasteiger partial charge in [-0.1, -0.05) is 6.07 Å². The Balaban J connectivity index is 1.37. The second-order valence-corrected chi connectivity index (χ2v) is 10.4. The Morgan fingerprint density at radius 1 is 1.17 bits per heavy atom. The summed E-state index contributed by atoms with van der Waals surface area (Å²) in [7, 11) is 0. The largest absolute Gasteiger partial charge is 0.489 e. The number of ketones is 1. The van der Waals surface area contributed by atoms with Crippen molar-refractivity contribution in [2.45, 2.75) is 74.5 Å². The van der Waals surface area contributed by atoms with Crippen molar-refractivity contribution in [3.8, 4) is 11.5 Å². The van der Waals surface area contributed by atoms with Gasteiger partial charge in [-0.2, -0.15) is 0 Å². The third-order valence-electron chi connectivity index (χ3n) is 8.71. The van der Waals surface area contributed by atoms with E-state index in [1.165, 1.54) is 31.2 Å². The number of carbonyl (C=O) groups is 1. The van der Waals surface area contributed by atoms with E-state index >= 15 is 0 Å². The third kappa shape index (κ3) is 2.16. The van der Waals surface area contributed by atoms with Crippen LogP contribution in [0.2, 0.25) is 0 Å². The fourth-order valence-electron chi connectivity index (χ4n) is 6.86. The van der Waals surface area contributed by atoms with E-state index in [4.69, 9.17) is 9.47 Å². The molecule has 1 saturated heterocycles. The molecule has 5 heteroatoms. The second kappa shape index (κ2) is 5.55. The number of carbonyl (C=O) groups excluding carboxylic acids is 1. The summed E-state index contributed by atoms with van der Waals surface area (Å²) in [4.78, 5) is 15.6. The molecule has 0 amide bonds. The molecule has 7 rings (SSSR count). The topological polar surface area (TPSA) is 59.0 Å². The van der Waals surface area contributed by atoms with Crippen LogP contribution in [-0.2, 0) is 16.6 Å². The fourth-order valence-corrected chi connectivity index (χ4v) is 6.86.